The van der Waals surface area contributed by atoms with E-state index in [1.54, 1.807) is 4.90 Å². The topological polar surface area (TPSA) is 87.9 Å². The second kappa shape index (κ2) is 8.03. The molecule has 0 saturated carbocycles. The molecule has 27 heavy (non-hydrogen) atoms. The maximum atomic E-state index is 13.1. The molecule has 1 unspecified atom stereocenters. The van der Waals surface area contributed by atoms with Crippen molar-refractivity contribution >= 4 is 22.2 Å². The van der Waals surface area contributed by atoms with Crippen molar-refractivity contribution in [1.82, 2.24) is 15.3 Å². The van der Waals surface area contributed by atoms with Crippen LogP contribution < -0.4 is 11.1 Å². The summed E-state index contributed by atoms with van der Waals surface area (Å²) in [5, 5.41) is 4.21. The second-order valence-corrected chi connectivity index (χ2v) is 11.9. The van der Waals surface area contributed by atoms with Crippen LogP contribution in [0, 0.1) is 12.0 Å². The van der Waals surface area contributed by atoms with Crippen LogP contribution in [0.3, 0.4) is 0 Å². The number of nitrogens with one attached hydrogen (secondary N) is 1. The molecule has 2 bridgehead atoms. The summed E-state index contributed by atoms with van der Waals surface area (Å²) in [5.74, 6) is 3.26. The number of nitrogens with two attached hydrogens (primary N) is 1. The van der Waals surface area contributed by atoms with Crippen molar-refractivity contribution < 1.29 is 13.9 Å². The fraction of sp³-hybridized carbons (Fsp3) is 0.684. The predicted molar refractivity (Wildman–Crippen MR) is 110 cm³/mol. The minimum atomic E-state index is -1.52. The summed E-state index contributed by atoms with van der Waals surface area (Å²) in [6.07, 6.45) is 5.09. The zero-order chi connectivity index (χ0) is 20.4. The third-order valence-electron chi connectivity index (χ3n) is 5.15. The molecule has 152 valence electrons. The summed E-state index contributed by atoms with van der Waals surface area (Å²) >= 11 is 0. The molecule has 0 spiro atoms. The van der Waals surface area contributed by atoms with Gasteiger partial charge in [0.25, 0.3) is 0 Å². The van der Waals surface area contributed by atoms with Gasteiger partial charge in [-0.1, -0.05) is 39.7 Å². The molecule has 0 radical (unpaired) electrons. The van der Waals surface area contributed by atoms with Crippen molar-refractivity contribution in [1.29, 1.82) is 0 Å². The van der Waals surface area contributed by atoms with E-state index in [1.807, 2.05) is 13.0 Å². The van der Waals surface area contributed by atoms with Gasteiger partial charge < -0.3 is 16.0 Å². The summed E-state index contributed by atoms with van der Waals surface area (Å²) in [7, 11) is -1.52. The molecule has 2 aliphatic rings. The first-order chi connectivity index (χ1) is 12.6. The number of nitrogens with zero attached hydrogens (tertiary/aromatic N) is 2. The van der Waals surface area contributed by atoms with E-state index in [-0.39, 0.29) is 29.3 Å². The van der Waals surface area contributed by atoms with Gasteiger partial charge in [-0.05, 0) is 25.2 Å². The Labute approximate surface area is 164 Å². The highest BCUT2D eigenvalue weighted by Crippen LogP contribution is 2.58. The average molecular weight is 397 g/mol. The molecule has 8 heteroatoms. The Morgan fingerprint density at radius 2 is 2.15 bits per heavy atom. The summed E-state index contributed by atoms with van der Waals surface area (Å²) in [6.45, 7) is 11.1. The van der Waals surface area contributed by atoms with Crippen LogP contribution in [0.15, 0.2) is 11.6 Å². The first-order valence-corrected chi connectivity index (χ1v) is 11.4. The number of carbonyl (C=O) groups is 2. The number of hydrogen-bond acceptors (Lipinski definition) is 4. The van der Waals surface area contributed by atoms with Gasteiger partial charge in [-0.15, -0.1) is 10.3 Å². The molecule has 1 fully saturated rings. The summed E-state index contributed by atoms with van der Waals surface area (Å²) in [6, 6.07) is 1.20. The van der Waals surface area contributed by atoms with Crippen molar-refractivity contribution in [2.24, 2.45) is 5.73 Å². The van der Waals surface area contributed by atoms with Crippen LogP contribution >= 0.6 is 10.3 Å². The van der Waals surface area contributed by atoms with Crippen molar-refractivity contribution in [3.8, 4) is 12.0 Å². The van der Waals surface area contributed by atoms with Crippen LogP contribution in [0.4, 0.5) is 4.79 Å². The third kappa shape index (κ3) is 4.19. The molecule has 3 atom stereocenters. The van der Waals surface area contributed by atoms with E-state index >= 15 is 0 Å². The lowest BCUT2D eigenvalue weighted by molar-refractivity contribution is -0.124. The molecule has 7 nitrogen and oxygen atoms in total. The third-order valence-corrected chi connectivity index (χ3v) is 9.42. The van der Waals surface area contributed by atoms with Gasteiger partial charge in [0.2, 0.25) is 5.91 Å². The fourth-order valence-electron chi connectivity index (χ4n) is 3.34. The fourth-order valence-corrected chi connectivity index (χ4v) is 5.55. The Hall–Kier alpha value is -1.85. The number of hydroxylamine groups is 2. The van der Waals surface area contributed by atoms with Gasteiger partial charge in [-0.2, -0.15) is 5.06 Å². The van der Waals surface area contributed by atoms with Crippen molar-refractivity contribution in [2.75, 3.05) is 25.1 Å². The van der Waals surface area contributed by atoms with E-state index in [1.165, 1.54) is 5.06 Å². The minimum Gasteiger partial charge on any atom is -0.359 e. The van der Waals surface area contributed by atoms with Crippen molar-refractivity contribution in [2.45, 2.75) is 57.9 Å². The lowest BCUT2D eigenvalue weighted by atomic mass is 10.00. The van der Waals surface area contributed by atoms with E-state index in [4.69, 9.17) is 10.0 Å². The van der Waals surface area contributed by atoms with Crippen LogP contribution in [-0.2, 0) is 9.08 Å². The van der Waals surface area contributed by atoms with Crippen LogP contribution in [0.2, 0.25) is 0 Å². The Balaban J connectivity index is 2.22. The summed E-state index contributed by atoms with van der Waals surface area (Å²) in [4.78, 5) is 27.2. The molecule has 2 aliphatic heterocycles. The number of carbonyl (C=O) groups excluding carboxylic acids is 2. The number of rotatable bonds is 6. The van der Waals surface area contributed by atoms with E-state index in [2.05, 4.69) is 51.2 Å². The monoisotopic (exact) mass is 396 g/mol. The lowest BCUT2D eigenvalue weighted by Crippen LogP contribution is -2.50. The molecule has 0 aromatic rings. The average Bonchev–Trinajstić information content (AvgIpc) is 2.79. The summed E-state index contributed by atoms with van der Waals surface area (Å²) < 4.78 is 6.35. The SMILES string of the molecule is CCCS(C)(ON1C(=O)N2C[C@H]1C=C(C)[C@H]2C(=O)NCC#CN)C(C)(C)C. The highest BCUT2D eigenvalue weighted by molar-refractivity contribution is 8.30. The van der Waals surface area contributed by atoms with Gasteiger partial charge in [-0.25, -0.2) is 9.08 Å². The van der Waals surface area contributed by atoms with Crippen molar-refractivity contribution in [3.05, 3.63) is 11.6 Å². The standard InChI is InChI=1S/C19H32N4O3S/c1-7-11-27(6,19(3,4)5)26-23-15-12-14(2)16(22(13-15)18(23)25)17(24)21-10-8-9-20/h12,15-16H,7,10-11,13,20H2,1-6H3,(H,21,24)/t15-,16+/m1/s1. The molecule has 0 aromatic heterocycles. The van der Waals surface area contributed by atoms with E-state index in [9.17, 15) is 9.59 Å². The van der Waals surface area contributed by atoms with E-state index < -0.39 is 16.4 Å². The van der Waals surface area contributed by atoms with Gasteiger partial charge in [0.1, 0.15) is 6.04 Å². The number of fused-ring (bicyclic) bond motifs is 2. The minimum absolute atomic E-state index is 0.0637. The van der Waals surface area contributed by atoms with Crippen LogP contribution in [0.1, 0.15) is 41.0 Å². The van der Waals surface area contributed by atoms with Gasteiger partial charge in [0.05, 0.1) is 19.1 Å². The first-order valence-electron chi connectivity index (χ1n) is 9.25. The van der Waals surface area contributed by atoms with Gasteiger partial charge in [0.15, 0.2) is 0 Å². The smallest absolute Gasteiger partial charge is 0.346 e. The Kier molecular flexibility index (Phi) is 6.38. The molecule has 3 N–H and O–H groups in total. The second-order valence-electron chi connectivity index (χ2n) is 8.08. The zero-order valence-electron chi connectivity index (χ0n) is 17.2. The first kappa shape index (κ1) is 21.5. The molecule has 2 heterocycles. The van der Waals surface area contributed by atoms with Crippen molar-refractivity contribution in [3.63, 3.8) is 0 Å². The normalized spacial score (nSPS) is 25.3. The number of urea groups is 1. The van der Waals surface area contributed by atoms with Crippen LogP contribution in [0.5, 0.6) is 0 Å². The Bertz CT molecular complexity index is 691. The largest absolute Gasteiger partial charge is 0.359 e. The molecular weight excluding hydrogens is 364 g/mol. The Morgan fingerprint density at radius 3 is 2.70 bits per heavy atom. The molecule has 0 aliphatic carbocycles. The number of hydrogen-bond donors (Lipinski definition) is 2. The maximum absolute atomic E-state index is 13.1. The van der Waals surface area contributed by atoms with Crippen LogP contribution in [-0.4, -0.2) is 63.8 Å². The van der Waals surface area contributed by atoms with Gasteiger partial charge >= 0.3 is 6.03 Å². The Morgan fingerprint density at radius 1 is 1.48 bits per heavy atom. The van der Waals surface area contributed by atoms with Gasteiger partial charge in [0, 0.05) is 16.5 Å². The molecule has 2 rings (SSSR count). The quantitative estimate of drug-likeness (QED) is 0.408. The summed E-state index contributed by atoms with van der Waals surface area (Å²) in [5.41, 5.74) is 5.97. The maximum Gasteiger partial charge on any atom is 0.346 e. The molecule has 1 saturated heterocycles. The molecular formula is C19H32N4O3S. The number of amides is 3. The van der Waals surface area contributed by atoms with Crippen LogP contribution in [0.25, 0.3) is 0 Å². The highest BCUT2D eigenvalue weighted by Gasteiger charge is 2.50. The van der Waals surface area contributed by atoms with E-state index in [0.29, 0.717) is 6.54 Å². The zero-order valence-corrected chi connectivity index (χ0v) is 18.0. The predicted octanol–water partition coefficient (Wildman–Crippen LogP) is 1.95. The van der Waals surface area contributed by atoms with E-state index in [0.717, 1.165) is 17.7 Å². The lowest BCUT2D eigenvalue weighted by Gasteiger charge is -2.48. The molecule has 0 aromatic carbocycles. The van der Waals surface area contributed by atoms with Gasteiger partial charge in [-0.3, -0.25) is 4.79 Å². The molecule has 3 amide bonds. The highest BCUT2D eigenvalue weighted by atomic mass is 32.3.